The second kappa shape index (κ2) is 20.0. The lowest BCUT2D eigenvalue weighted by molar-refractivity contribution is 0.414. The number of benzene rings is 17. The van der Waals surface area contributed by atoms with Crippen molar-refractivity contribution >= 4 is 86.2 Å². The van der Waals surface area contributed by atoms with Gasteiger partial charge in [-0.25, -0.2) is 0 Å². The van der Waals surface area contributed by atoms with Crippen LogP contribution in [0.1, 0.15) is 11.1 Å². The largest absolute Gasteiger partial charge is 0.497 e. The van der Waals surface area contributed by atoms with Crippen LogP contribution in [-0.2, 0) is 0 Å². The molecule has 0 aromatic heterocycles. The Bertz CT molecular complexity index is 5610. The van der Waals surface area contributed by atoms with Gasteiger partial charge in [0, 0.05) is 0 Å². The molecule has 2 aliphatic rings. The summed E-state index contributed by atoms with van der Waals surface area (Å²) < 4.78 is 12.2. The summed E-state index contributed by atoms with van der Waals surface area (Å²) in [7, 11) is 3.56. The van der Waals surface area contributed by atoms with Gasteiger partial charge in [0.25, 0.3) is 0 Å². The van der Waals surface area contributed by atoms with E-state index < -0.39 is 0 Å². The molecule has 0 radical (unpaired) electrons. The van der Waals surface area contributed by atoms with Gasteiger partial charge in [0.05, 0.1) is 14.2 Å². The highest BCUT2D eigenvalue weighted by atomic mass is 16.5. The van der Waals surface area contributed by atoms with E-state index in [0.717, 1.165) is 33.8 Å². The average molecular weight is 1170 g/mol. The van der Waals surface area contributed by atoms with Gasteiger partial charge < -0.3 is 9.47 Å². The third-order valence-corrected chi connectivity index (χ3v) is 20.3. The number of aryl methyl sites for hydroxylation is 2. The maximum Gasteiger partial charge on any atom is 0.119 e. The Balaban J connectivity index is 1.04. The number of hydrogen-bond acceptors (Lipinski definition) is 2. The second-order valence-corrected chi connectivity index (χ2v) is 25.3. The molecule has 0 saturated carbocycles. The molecular weight excluding hydrogens is 1110 g/mol. The molecule has 2 nitrogen and oxygen atoms in total. The molecule has 0 aliphatic heterocycles. The van der Waals surface area contributed by atoms with E-state index in [9.17, 15) is 0 Å². The zero-order chi connectivity index (χ0) is 61.0. The minimum absolute atomic E-state index is 0.838. The minimum Gasteiger partial charge on any atom is -0.497 e. The van der Waals surface area contributed by atoms with Crippen molar-refractivity contribution in [2.75, 3.05) is 14.2 Å². The predicted octanol–water partition coefficient (Wildman–Crippen LogP) is 24.8. The summed E-state index contributed by atoms with van der Waals surface area (Å²) in [6, 6.07) is 105. The molecule has 17 aromatic carbocycles. The highest BCUT2D eigenvalue weighted by molar-refractivity contribution is 6.39. The fourth-order valence-electron chi connectivity index (χ4n) is 16.8. The lowest BCUT2D eigenvalue weighted by Gasteiger charge is -2.26. The standard InChI is InChI=1S/C90H58O2/c1-51-43-57(47-59(45-51)91-3)79-65-33-17-18-34-66(65)80(58-44-52(2)46-60(48-58)92-4)86-72-40-42-74-84-73(41-39-71(83(72)84)85(79)86)87-88(74)90(82-69-37-21-15-31-63(69)78(54-25-9-6-10-26-54)64-32-16-22-38-70(64)82)76-50-56-28-12-11-27-55(56)49-75(76)89(87)81-67-35-19-13-29-61(67)77(53-23-7-5-8-24-53)62-30-14-20-36-68(62)81/h5-50H,1-4H3. The van der Waals surface area contributed by atoms with Gasteiger partial charge in [0.2, 0.25) is 0 Å². The fraction of sp³-hybridized carbons (Fsp3) is 0.0444. The molecule has 0 saturated heterocycles. The molecule has 2 aliphatic carbocycles. The highest BCUT2D eigenvalue weighted by Gasteiger charge is 2.39. The summed E-state index contributed by atoms with van der Waals surface area (Å²) >= 11 is 0. The van der Waals surface area contributed by atoms with Crippen molar-refractivity contribution < 1.29 is 9.47 Å². The van der Waals surface area contributed by atoms with Crippen LogP contribution in [0.25, 0.3) is 197 Å². The van der Waals surface area contributed by atoms with Gasteiger partial charge in [-0.15, -0.1) is 0 Å². The Morgan fingerprint density at radius 3 is 0.783 bits per heavy atom. The Labute approximate surface area is 533 Å². The Morgan fingerprint density at radius 1 is 0.196 bits per heavy atom. The molecule has 0 fully saturated rings. The van der Waals surface area contributed by atoms with E-state index in [1.54, 1.807) is 14.2 Å². The maximum atomic E-state index is 6.12. The Morgan fingerprint density at radius 2 is 0.467 bits per heavy atom. The van der Waals surface area contributed by atoms with Crippen molar-refractivity contribution in [3.05, 3.63) is 290 Å². The molecule has 19 rings (SSSR count). The van der Waals surface area contributed by atoms with Crippen molar-refractivity contribution in [3.8, 4) is 123 Å². The molecule has 0 unspecified atom stereocenters. The monoisotopic (exact) mass is 1170 g/mol. The first-order valence-corrected chi connectivity index (χ1v) is 32.0. The van der Waals surface area contributed by atoms with Gasteiger partial charge in [0.15, 0.2) is 0 Å². The summed E-state index contributed by atoms with van der Waals surface area (Å²) in [5, 5.41) is 19.6. The first-order chi connectivity index (χ1) is 45.4. The Kier molecular flexibility index (Phi) is 11.4. The van der Waals surface area contributed by atoms with E-state index in [1.807, 2.05) is 0 Å². The van der Waals surface area contributed by atoms with Crippen LogP contribution < -0.4 is 9.47 Å². The quantitative estimate of drug-likeness (QED) is 0.141. The highest BCUT2D eigenvalue weighted by Crippen LogP contribution is 2.66. The molecule has 2 heteroatoms. The first-order valence-electron chi connectivity index (χ1n) is 32.0. The van der Waals surface area contributed by atoms with Crippen LogP contribution in [0.2, 0.25) is 0 Å². The topological polar surface area (TPSA) is 18.5 Å². The summed E-state index contributed by atoms with van der Waals surface area (Å²) in [5.74, 6) is 1.68. The summed E-state index contributed by atoms with van der Waals surface area (Å²) in [6.45, 7) is 4.36. The zero-order valence-electron chi connectivity index (χ0n) is 51.4. The van der Waals surface area contributed by atoms with Crippen molar-refractivity contribution in [3.63, 3.8) is 0 Å². The van der Waals surface area contributed by atoms with Crippen LogP contribution in [0.4, 0.5) is 0 Å². The number of methoxy groups -OCH3 is 2. The van der Waals surface area contributed by atoms with Gasteiger partial charge in [-0.2, -0.15) is 0 Å². The van der Waals surface area contributed by atoms with Crippen LogP contribution >= 0.6 is 0 Å². The van der Waals surface area contributed by atoms with Gasteiger partial charge in [0.1, 0.15) is 11.5 Å². The van der Waals surface area contributed by atoms with Crippen LogP contribution in [0, 0.1) is 13.8 Å². The third kappa shape index (κ3) is 7.38. The third-order valence-electron chi connectivity index (χ3n) is 20.3. The number of fused-ring (bicyclic) bond motifs is 13. The molecule has 92 heavy (non-hydrogen) atoms. The first kappa shape index (κ1) is 52.4. The SMILES string of the molecule is COc1cc(C)cc(-c2c3c(c(-c4cc(C)cc(OC)c4)c4ccccc24)-c2ccc4c5c(ccc-3c25)-c2c-4c(-c3c4ccccc4c(-c4ccccc4)c4ccccc34)c3cc4ccccc4cc3c2-c2c3ccccc3c(-c3ccccc3)c3ccccc23)c1. The molecule has 0 spiro atoms. The van der Waals surface area contributed by atoms with Crippen molar-refractivity contribution in [1.29, 1.82) is 0 Å². The molecule has 0 heterocycles. The van der Waals surface area contributed by atoms with Crippen molar-refractivity contribution in [1.82, 2.24) is 0 Å². The van der Waals surface area contributed by atoms with Gasteiger partial charge in [-0.1, -0.05) is 243 Å². The minimum atomic E-state index is 0.838. The van der Waals surface area contributed by atoms with Crippen LogP contribution in [0.3, 0.4) is 0 Å². The molecule has 0 N–H and O–H groups in total. The average Bonchev–Trinajstić information content (AvgIpc) is 1.46. The maximum absolute atomic E-state index is 6.12. The molecule has 0 amide bonds. The number of rotatable bonds is 8. The van der Waals surface area contributed by atoms with Crippen LogP contribution in [0.5, 0.6) is 11.5 Å². The molecule has 0 atom stereocenters. The predicted molar refractivity (Wildman–Crippen MR) is 391 cm³/mol. The van der Waals surface area contributed by atoms with Crippen molar-refractivity contribution in [2.24, 2.45) is 0 Å². The number of hydrogen-bond donors (Lipinski definition) is 0. The van der Waals surface area contributed by atoms with E-state index in [-0.39, 0.29) is 0 Å². The summed E-state index contributed by atoms with van der Waals surface area (Å²) in [5.41, 5.74) is 26.8. The van der Waals surface area contributed by atoms with E-state index in [2.05, 4.69) is 293 Å². The van der Waals surface area contributed by atoms with Crippen LogP contribution in [0.15, 0.2) is 279 Å². The van der Waals surface area contributed by atoms with E-state index in [4.69, 9.17) is 9.47 Å². The molecule has 430 valence electrons. The van der Waals surface area contributed by atoms with E-state index in [0.29, 0.717) is 0 Å². The van der Waals surface area contributed by atoms with E-state index >= 15 is 0 Å². The fourth-order valence-corrected chi connectivity index (χ4v) is 16.8. The second-order valence-electron chi connectivity index (χ2n) is 25.3. The number of ether oxygens (including phenoxy) is 2. The van der Waals surface area contributed by atoms with E-state index in [1.165, 1.54) is 186 Å². The normalized spacial score (nSPS) is 12.1. The van der Waals surface area contributed by atoms with Gasteiger partial charge in [-0.05, 0) is 259 Å². The molecule has 0 bridgehead atoms. The summed E-state index contributed by atoms with van der Waals surface area (Å²) in [6.07, 6.45) is 0. The Hall–Kier alpha value is -11.6. The zero-order valence-corrected chi connectivity index (χ0v) is 51.4. The van der Waals surface area contributed by atoms with Gasteiger partial charge in [-0.3, -0.25) is 0 Å². The lowest BCUT2D eigenvalue weighted by Crippen LogP contribution is -1.98. The summed E-state index contributed by atoms with van der Waals surface area (Å²) in [4.78, 5) is 0. The van der Waals surface area contributed by atoms with Crippen LogP contribution in [-0.4, -0.2) is 14.2 Å². The molecular formula is C90H58O2. The van der Waals surface area contributed by atoms with Gasteiger partial charge >= 0.3 is 0 Å². The smallest absolute Gasteiger partial charge is 0.119 e. The van der Waals surface area contributed by atoms with Crippen molar-refractivity contribution in [2.45, 2.75) is 13.8 Å². The lowest BCUT2D eigenvalue weighted by atomic mass is 9.76. The molecule has 17 aromatic rings.